The van der Waals surface area contributed by atoms with Crippen molar-refractivity contribution < 1.29 is 27.9 Å². The summed E-state index contributed by atoms with van der Waals surface area (Å²) in [7, 11) is -3.74. The minimum Gasteiger partial charge on any atom is -0.480 e. The second-order valence-electron chi connectivity index (χ2n) is 4.37. The Balaban J connectivity index is 2.65. The fourth-order valence-corrected chi connectivity index (χ4v) is 3.42. The van der Waals surface area contributed by atoms with Gasteiger partial charge in [-0.25, -0.2) is 13.1 Å². The van der Waals surface area contributed by atoms with Gasteiger partial charge in [-0.1, -0.05) is 0 Å². The van der Waals surface area contributed by atoms with Crippen LogP contribution in [0.15, 0.2) is 0 Å². The molecule has 0 aliphatic carbocycles. The van der Waals surface area contributed by atoms with Crippen molar-refractivity contribution in [2.75, 3.05) is 13.2 Å². The van der Waals surface area contributed by atoms with Crippen molar-refractivity contribution in [2.24, 2.45) is 5.73 Å². The van der Waals surface area contributed by atoms with Crippen molar-refractivity contribution in [3.05, 3.63) is 0 Å². The predicted molar refractivity (Wildman–Crippen MR) is 65.7 cm³/mol. The smallest absolute Gasteiger partial charge is 0.321 e. The Bertz CT molecular complexity index is 429. The van der Waals surface area contributed by atoms with E-state index in [0.717, 1.165) is 0 Å². The molecule has 19 heavy (non-hydrogen) atoms. The second kappa shape index (κ2) is 6.83. The number of nitrogens with one attached hydrogen (secondary N) is 1. The molecule has 0 bridgehead atoms. The van der Waals surface area contributed by atoms with Gasteiger partial charge in [0.15, 0.2) is 0 Å². The molecule has 0 radical (unpaired) electrons. The van der Waals surface area contributed by atoms with E-state index in [1.165, 1.54) is 0 Å². The van der Waals surface area contributed by atoms with E-state index in [0.29, 0.717) is 26.1 Å². The zero-order valence-electron chi connectivity index (χ0n) is 10.4. The van der Waals surface area contributed by atoms with Crippen LogP contribution in [-0.4, -0.2) is 49.9 Å². The molecule has 1 atom stereocenters. The zero-order chi connectivity index (χ0) is 14.5. The van der Waals surface area contributed by atoms with Gasteiger partial charge < -0.3 is 15.6 Å². The van der Waals surface area contributed by atoms with Gasteiger partial charge in [0.05, 0.1) is 5.25 Å². The molecule has 0 unspecified atom stereocenters. The van der Waals surface area contributed by atoms with Crippen molar-refractivity contribution in [3.63, 3.8) is 0 Å². The minimum atomic E-state index is -3.74. The molecule has 0 aromatic rings. The third kappa shape index (κ3) is 5.13. The Morgan fingerprint density at radius 1 is 1.37 bits per heavy atom. The van der Waals surface area contributed by atoms with E-state index in [1.807, 2.05) is 0 Å². The molecule has 1 fully saturated rings. The van der Waals surface area contributed by atoms with Crippen LogP contribution in [0.1, 0.15) is 25.7 Å². The Kier molecular flexibility index (Phi) is 5.70. The molecule has 1 saturated heterocycles. The van der Waals surface area contributed by atoms with Gasteiger partial charge in [0, 0.05) is 19.6 Å². The van der Waals surface area contributed by atoms with Gasteiger partial charge in [-0.2, -0.15) is 0 Å². The molecule has 1 aliphatic heterocycles. The summed E-state index contributed by atoms with van der Waals surface area (Å²) < 4.78 is 31.2. The van der Waals surface area contributed by atoms with Gasteiger partial charge in [0.2, 0.25) is 15.9 Å². The van der Waals surface area contributed by atoms with Crippen LogP contribution < -0.4 is 10.5 Å². The zero-order valence-corrected chi connectivity index (χ0v) is 11.2. The molecule has 1 heterocycles. The van der Waals surface area contributed by atoms with Crippen LogP contribution in [0.2, 0.25) is 0 Å². The summed E-state index contributed by atoms with van der Waals surface area (Å²) in [6.45, 7) is 0.676. The summed E-state index contributed by atoms with van der Waals surface area (Å²) in [6, 6.07) is -1.33. The first-order valence-corrected chi connectivity index (χ1v) is 7.47. The number of carboxylic acid groups (broad SMARTS) is 1. The third-order valence-corrected chi connectivity index (χ3v) is 4.85. The summed E-state index contributed by atoms with van der Waals surface area (Å²) in [5.41, 5.74) is 4.92. The number of sulfonamides is 1. The highest BCUT2D eigenvalue weighted by Gasteiger charge is 2.32. The number of hydrogen-bond donors (Lipinski definition) is 3. The number of carboxylic acids is 1. The van der Waals surface area contributed by atoms with E-state index in [9.17, 15) is 18.0 Å². The first-order valence-electron chi connectivity index (χ1n) is 5.93. The maximum atomic E-state index is 12.0. The number of carbonyl (C=O) groups excluding carboxylic acids is 1. The lowest BCUT2D eigenvalue weighted by molar-refractivity contribution is -0.139. The number of primary amides is 1. The highest BCUT2D eigenvalue weighted by atomic mass is 32.2. The second-order valence-corrected chi connectivity index (χ2v) is 6.36. The van der Waals surface area contributed by atoms with Crippen molar-refractivity contribution in [3.8, 4) is 0 Å². The van der Waals surface area contributed by atoms with Gasteiger partial charge in [-0.15, -0.1) is 0 Å². The summed E-state index contributed by atoms with van der Waals surface area (Å²) in [5, 5.41) is 8.29. The molecule has 110 valence electrons. The van der Waals surface area contributed by atoms with Gasteiger partial charge in [-0.3, -0.25) is 9.59 Å². The average molecular weight is 294 g/mol. The first kappa shape index (κ1) is 15.9. The van der Waals surface area contributed by atoms with Crippen LogP contribution in [-0.2, 0) is 24.3 Å². The number of carbonyl (C=O) groups is 2. The molecule has 8 nitrogen and oxygen atoms in total. The molecule has 1 rings (SSSR count). The van der Waals surface area contributed by atoms with Crippen LogP contribution in [0.3, 0.4) is 0 Å². The molecule has 1 aliphatic rings. The van der Waals surface area contributed by atoms with E-state index in [1.54, 1.807) is 0 Å². The quantitative estimate of drug-likeness (QED) is 0.540. The molecular formula is C10H18N2O6S. The fourth-order valence-electron chi connectivity index (χ4n) is 1.80. The molecule has 9 heteroatoms. The molecule has 0 saturated carbocycles. The number of rotatable bonds is 7. The molecular weight excluding hydrogens is 276 g/mol. The number of ether oxygens (including phenoxy) is 1. The van der Waals surface area contributed by atoms with Crippen molar-refractivity contribution in [2.45, 2.75) is 37.0 Å². The first-order chi connectivity index (χ1) is 8.83. The molecule has 0 aromatic carbocycles. The Morgan fingerprint density at radius 2 is 1.95 bits per heavy atom. The van der Waals surface area contributed by atoms with E-state index in [-0.39, 0.29) is 12.8 Å². The number of nitrogens with two attached hydrogens (primary N) is 1. The summed E-state index contributed by atoms with van der Waals surface area (Å²) in [6.07, 6.45) is 0.315. The maximum Gasteiger partial charge on any atom is 0.321 e. The van der Waals surface area contributed by atoms with E-state index in [4.69, 9.17) is 15.6 Å². The summed E-state index contributed by atoms with van der Waals surface area (Å²) in [5.74, 6) is -1.99. The maximum absolute atomic E-state index is 12.0. The van der Waals surface area contributed by atoms with Crippen molar-refractivity contribution in [1.29, 1.82) is 0 Å². The Labute approximate surface area is 111 Å². The SMILES string of the molecule is NC(=O)CC[C@@H](NS(=O)(=O)C1CCOCC1)C(=O)O. The van der Waals surface area contributed by atoms with Crippen LogP contribution in [0.5, 0.6) is 0 Å². The average Bonchev–Trinajstić information content (AvgIpc) is 2.35. The monoisotopic (exact) mass is 294 g/mol. The van der Waals surface area contributed by atoms with E-state index in [2.05, 4.69) is 4.72 Å². The van der Waals surface area contributed by atoms with Crippen molar-refractivity contribution in [1.82, 2.24) is 4.72 Å². The lowest BCUT2D eigenvalue weighted by atomic mass is 10.2. The number of amides is 1. The number of aliphatic carboxylic acids is 1. The van der Waals surface area contributed by atoms with Crippen molar-refractivity contribution >= 4 is 21.9 Å². The highest BCUT2D eigenvalue weighted by molar-refractivity contribution is 7.90. The van der Waals surface area contributed by atoms with Gasteiger partial charge in [0.25, 0.3) is 0 Å². The number of hydrogen-bond acceptors (Lipinski definition) is 5. The minimum absolute atomic E-state index is 0.160. The standard InChI is InChI=1S/C10H18N2O6S/c11-9(13)2-1-8(10(14)15)12-19(16,17)7-3-5-18-6-4-7/h7-8,12H,1-6H2,(H2,11,13)(H,14,15)/t8-/m1/s1. The van der Waals surface area contributed by atoms with Gasteiger partial charge in [-0.05, 0) is 19.3 Å². The Hall–Kier alpha value is -1.19. The largest absolute Gasteiger partial charge is 0.480 e. The third-order valence-electron chi connectivity index (χ3n) is 2.89. The van der Waals surface area contributed by atoms with Crippen LogP contribution in [0.4, 0.5) is 0 Å². The summed E-state index contributed by atoms with van der Waals surface area (Å²) >= 11 is 0. The van der Waals surface area contributed by atoms with Crippen LogP contribution in [0.25, 0.3) is 0 Å². The molecule has 4 N–H and O–H groups in total. The normalized spacial score (nSPS) is 18.9. The lowest BCUT2D eigenvalue weighted by Crippen LogP contribution is -2.46. The Morgan fingerprint density at radius 3 is 2.42 bits per heavy atom. The highest BCUT2D eigenvalue weighted by Crippen LogP contribution is 2.15. The summed E-state index contributed by atoms with van der Waals surface area (Å²) in [4.78, 5) is 21.6. The predicted octanol–water partition coefficient (Wildman–Crippen LogP) is -1.20. The molecule has 0 spiro atoms. The van der Waals surface area contributed by atoms with Gasteiger partial charge >= 0.3 is 5.97 Å². The van der Waals surface area contributed by atoms with Crippen LogP contribution >= 0.6 is 0 Å². The molecule has 1 amide bonds. The fraction of sp³-hybridized carbons (Fsp3) is 0.800. The lowest BCUT2D eigenvalue weighted by Gasteiger charge is -2.24. The van der Waals surface area contributed by atoms with E-state index >= 15 is 0 Å². The van der Waals surface area contributed by atoms with E-state index < -0.39 is 33.2 Å². The van der Waals surface area contributed by atoms with Gasteiger partial charge in [0.1, 0.15) is 6.04 Å². The van der Waals surface area contributed by atoms with Crippen LogP contribution in [0, 0.1) is 0 Å². The molecule has 0 aromatic heterocycles. The topological polar surface area (TPSA) is 136 Å².